The molecule has 0 bridgehead atoms. The van der Waals surface area contributed by atoms with Gasteiger partial charge in [-0.25, -0.2) is 0 Å². The van der Waals surface area contributed by atoms with E-state index in [1.807, 2.05) is 30.3 Å². The summed E-state index contributed by atoms with van der Waals surface area (Å²) in [7, 11) is 0. The molecule has 0 aliphatic carbocycles. The number of amides is 2. The van der Waals surface area contributed by atoms with Crippen molar-refractivity contribution in [2.75, 3.05) is 6.61 Å². The van der Waals surface area contributed by atoms with Crippen molar-refractivity contribution >= 4 is 11.8 Å². The Bertz CT molecular complexity index is 455. The SMILES string of the molecule is NC(=O)[C@@H](CCc1ccccc1)NC(=O)[C@@H]1CCCO1. The summed E-state index contributed by atoms with van der Waals surface area (Å²) in [4.78, 5) is 23.4. The van der Waals surface area contributed by atoms with Gasteiger partial charge in [0.05, 0.1) is 0 Å². The molecule has 0 radical (unpaired) electrons. The molecular formula is C15H20N2O3. The Kier molecular flexibility index (Phi) is 5.12. The highest BCUT2D eigenvalue weighted by Gasteiger charge is 2.27. The zero-order valence-electron chi connectivity index (χ0n) is 11.4. The molecule has 1 aromatic carbocycles. The molecule has 2 amide bonds. The van der Waals surface area contributed by atoms with Gasteiger partial charge >= 0.3 is 0 Å². The van der Waals surface area contributed by atoms with Crippen LogP contribution in [0.2, 0.25) is 0 Å². The van der Waals surface area contributed by atoms with Gasteiger partial charge in [0.2, 0.25) is 11.8 Å². The van der Waals surface area contributed by atoms with E-state index in [0.717, 1.165) is 12.0 Å². The van der Waals surface area contributed by atoms with Crippen LogP contribution >= 0.6 is 0 Å². The number of hydrogen-bond acceptors (Lipinski definition) is 3. The summed E-state index contributed by atoms with van der Waals surface area (Å²) in [6, 6.07) is 9.15. The van der Waals surface area contributed by atoms with Crippen molar-refractivity contribution in [2.24, 2.45) is 5.73 Å². The monoisotopic (exact) mass is 276 g/mol. The molecule has 1 saturated heterocycles. The van der Waals surface area contributed by atoms with Crippen molar-refractivity contribution in [2.45, 2.75) is 37.8 Å². The number of rotatable bonds is 6. The third-order valence-corrected chi connectivity index (χ3v) is 3.45. The lowest BCUT2D eigenvalue weighted by Gasteiger charge is -2.18. The molecule has 1 aliphatic rings. The number of primary amides is 1. The largest absolute Gasteiger partial charge is 0.368 e. The average molecular weight is 276 g/mol. The smallest absolute Gasteiger partial charge is 0.249 e. The second-order valence-corrected chi connectivity index (χ2v) is 4.99. The van der Waals surface area contributed by atoms with Gasteiger partial charge < -0.3 is 15.8 Å². The molecule has 2 rings (SSSR count). The highest BCUT2D eigenvalue weighted by molar-refractivity contribution is 5.88. The summed E-state index contributed by atoms with van der Waals surface area (Å²) in [6.07, 6.45) is 2.34. The molecule has 0 spiro atoms. The number of hydrogen-bond donors (Lipinski definition) is 2. The van der Waals surface area contributed by atoms with Crippen LogP contribution in [0, 0.1) is 0 Å². The summed E-state index contributed by atoms with van der Waals surface area (Å²) in [5.41, 5.74) is 6.47. The van der Waals surface area contributed by atoms with Crippen molar-refractivity contribution in [3.05, 3.63) is 35.9 Å². The average Bonchev–Trinajstić information content (AvgIpc) is 2.98. The minimum absolute atomic E-state index is 0.237. The predicted molar refractivity (Wildman–Crippen MR) is 74.9 cm³/mol. The topological polar surface area (TPSA) is 81.4 Å². The van der Waals surface area contributed by atoms with Gasteiger partial charge in [-0.2, -0.15) is 0 Å². The van der Waals surface area contributed by atoms with Crippen LogP contribution in [0.4, 0.5) is 0 Å². The van der Waals surface area contributed by atoms with E-state index in [4.69, 9.17) is 10.5 Å². The molecule has 5 heteroatoms. The summed E-state index contributed by atoms with van der Waals surface area (Å²) < 4.78 is 5.29. The molecule has 108 valence electrons. The van der Waals surface area contributed by atoms with Crippen LogP contribution in [0.25, 0.3) is 0 Å². The number of carbonyl (C=O) groups is 2. The third kappa shape index (κ3) is 4.06. The van der Waals surface area contributed by atoms with Crippen molar-refractivity contribution in [1.29, 1.82) is 0 Å². The van der Waals surface area contributed by atoms with E-state index >= 15 is 0 Å². The highest BCUT2D eigenvalue weighted by Crippen LogP contribution is 2.12. The molecule has 0 aromatic heterocycles. The fourth-order valence-electron chi connectivity index (χ4n) is 2.29. The molecule has 20 heavy (non-hydrogen) atoms. The van der Waals surface area contributed by atoms with E-state index in [1.54, 1.807) is 0 Å². The zero-order valence-corrected chi connectivity index (χ0v) is 11.4. The first kappa shape index (κ1) is 14.5. The molecular weight excluding hydrogens is 256 g/mol. The van der Waals surface area contributed by atoms with E-state index in [9.17, 15) is 9.59 Å². The first-order valence-corrected chi connectivity index (χ1v) is 6.92. The van der Waals surface area contributed by atoms with Gasteiger partial charge in [0.15, 0.2) is 0 Å². The van der Waals surface area contributed by atoms with Gasteiger partial charge in [-0.05, 0) is 31.2 Å². The molecule has 3 N–H and O–H groups in total. The summed E-state index contributed by atoms with van der Waals surface area (Å²) in [5.74, 6) is -0.744. The number of carbonyl (C=O) groups excluding carboxylic acids is 2. The zero-order chi connectivity index (χ0) is 14.4. The van der Waals surface area contributed by atoms with Crippen molar-refractivity contribution in [3.63, 3.8) is 0 Å². The minimum atomic E-state index is -0.646. The molecule has 1 fully saturated rings. The Morgan fingerprint density at radius 3 is 2.70 bits per heavy atom. The Labute approximate surface area is 118 Å². The van der Waals surface area contributed by atoms with Gasteiger partial charge in [-0.15, -0.1) is 0 Å². The normalized spacial score (nSPS) is 19.5. The number of aryl methyl sites for hydroxylation is 1. The second kappa shape index (κ2) is 7.05. The van der Waals surface area contributed by atoms with Gasteiger partial charge in [-0.3, -0.25) is 9.59 Å². The van der Waals surface area contributed by atoms with Crippen LogP contribution in [-0.4, -0.2) is 30.6 Å². The molecule has 1 aliphatic heterocycles. The summed E-state index contributed by atoms with van der Waals surface area (Å²) >= 11 is 0. The summed E-state index contributed by atoms with van der Waals surface area (Å²) in [5, 5.41) is 2.69. The molecule has 2 atom stereocenters. The van der Waals surface area contributed by atoms with Crippen LogP contribution in [0.5, 0.6) is 0 Å². The fourth-order valence-corrected chi connectivity index (χ4v) is 2.29. The van der Waals surface area contributed by atoms with Gasteiger partial charge in [0.25, 0.3) is 0 Å². The number of benzene rings is 1. The van der Waals surface area contributed by atoms with Gasteiger partial charge in [-0.1, -0.05) is 30.3 Å². The first-order chi connectivity index (χ1) is 9.66. The lowest BCUT2D eigenvalue weighted by atomic mass is 10.0. The Morgan fingerprint density at radius 1 is 1.35 bits per heavy atom. The van der Waals surface area contributed by atoms with E-state index < -0.39 is 18.1 Å². The maximum atomic E-state index is 11.9. The van der Waals surface area contributed by atoms with Crippen molar-refractivity contribution in [3.8, 4) is 0 Å². The molecule has 1 aromatic rings. The number of nitrogens with one attached hydrogen (secondary N) is 1. The lowest BCUT2D eigenvalue weighted by Crippen LogP contribution is -2.48. The Morgan fingerprint density at radius 2 is 2.10 bits per heavy atom. The van der Waals surface area contributed by atoms with Gasteiger partial charge in [0, 0.05) is 6.61 Å². The quantitative estimate of drug-likeness (QED) is 0.805. The van der Waals surface area contributed by atoms with Crippen LogP contribution < -0.4 is 11.1 Å². The van der Waals surface area contributed by atoms with E-state index in [2.05, 4.69) is 5.32 Å². The Hall–Kier alpha value is -1.88. The molecule has 0 saturated carbocycles. The first-order valence-electron chi connectivity index (χ1n) is 6.92. The van der Waals surface area contributed by atoms with E-state index in [-0.39, 0.29) is 5.91 Å². The predicted octanol–water partition coefficient (Wildman–Crippen LogP) is 0.768. The van der Waals surface area contributed by atoms with Crippen LogP contribution in [-0.2, 0) is 20.7 Å². The van der Waals surface area contributed by atoms with E-state index in [0.29, 0.717) is 25.9 Å². The minimum Gasteiger partial charge on any atom is -0.368 e. The van der Waals surface area contributed by atoms with Gasteiger partial charge in [0.1, 0.15) is 12.1 Å². The van der Waals surface area contributed by atoms with Crippen LogP contribution in [0.1, 0.15) is 24.8 Å². The number of ether oxygens (including phenoxy) is 1. The molecule has 1 heterocycles. The highest BCUT2D eigenvalue weighted by atomic mass is 16.5. The molecule has 0 unspecified atom stereocenters. The van der Waals surface area contributed by atoms with E-state index in [1.165, 1.54) is 0 Å². The number of nitrogens with two attached hydrogens (primary N) is 1. The van der Waals surface area contributed by atoms with Crippen molar-refractivity contribution < 1.29 is 14.3 Å². The molecule has 5 nitrogen and oxygen atoms in total. The maximum absolute atomic E-state index is 11.9. The standard InChI is InChI=1S/C15H20N2O3/c16-14(18)12(9-8-11-5-2-1-3-6-11)17-15(19)13-7-4-10-20-13/h1-3,5-6,12-13H,4,7-10H2,(H2,16,18)(H,17,19)/t12-,13+/m1/s1. The van der Waals surface area contributed by atoms with Crippen molar-refractivity contribution in [1.82, 2.24) is 5.32 Å². The maximum Gasteiger partial charge on any atom is 0.249 e. The Balaban J connectivity index is 1.87. The summed E-state index contributed by atoms with van der Waals surface area (Å²) in [6.45, 7) is 0.601. The second-order valence-electron chi connectivity index (χ2n) is 4.99. The third-order valence-electron chi connectivity index (χ3n) is 3.45. The lowest BCUT2D eigenvalue weighted by molar-refractivity contribution is -0.133. The fraction of sp³-hybridized carbons (Fsp3) is 0.467. The van der Waals surface area contributed by atoms with Crippen LogP contribution in [0.3, 0.4) is 0 Å². The van der Waals surface area contributed by atoms with Crippen LogP contribution in [0.15, 0.2) is 30.3 Å².